The van der Waals surface area contributed by atoms with Crippen LogP contribution in [-0.4, -0.2) is 35.9 Å². The largest absolute Gasteiger partial charge is 0.455 e. The Bertz CT molecular complexity index is 940. The molecule has 1 aliphatic rings. The van der Waals surface area contributed by atoms with Gasteiger partial charge in [0.15, 0.2) is 6.61 Å². The fourth-order valence-electron chi connectivity index (χ4n) is 2.96. The van der Waals surface area contributed by atoms with Gasteiger partial charge in [0, 0.05) is 36.5 Å². The lowest BCUT2D eigenvalue weighted by Crippen LogP contribution is -2.28. The third-order valence-corrected chi connectivity index (χ3v) is 4.51. The molecule has 2 aromatic carbocycles. The second-order valence-electron chi connectivity index (χ2n) is 6.70. The number of carbonyl (C=O) groups excluding carboxylic acids is 3. The minimum Gasteiger partial charge on any atom is -0.455 e. The molecule has 3 rings (SSSR count). The molecule has 150 valence electrons. The van der Waals surface area contributed by atoms with Crippen molar-refractivity contribution in [1.29, 1.82) is 0 Å². The number of nitrogens with one attached hydrogen (secondary N) is 1. The van der Waals surface area contributed by atoms with Gasteiger partial charge in [-0.25, -0.2) is 0 Å². The van der Waals surface area contributed by atoms with E-state index in [2.05, 4.69) is 5.32 Å². The molecule has 1 aliphatic heterocycles. The van der Waals surface area contributed by atoms with Crippen molar-refractivity contribution in [2.45, 2.75) is 13.3 Å². The van der Waals surface area contributed by atoms with Crippen molar-refractivity contribution >= 4 is 34.8 Å². The van der Waals surface area contributed by atoms with Crippen molar-refractivity contribution in [3.05, 3.63) is 64.2 Å². The molecule has 0 unspecified atom stereocenters. The average Bonchev–Trinajstić information content (AvgIpc) is 3.09. The van der Waals surface area contributed by atoms with Crippen LogP contribution in [0.2, 0.25) is 0 Å². The third kappa shape index (κ3) is 4.95. The van der Waals surface area contributed by atoms with Crippen LogP contribution in [0, 0.1) is 23.0 Å². The predicted molar refractivity (Wildman–Crippen MR) is 104 cm³/mol. The van der Waals surface area contributed by atoms with Crippen molar-refractivity contribution in [2.75, 3.05) is 23.4 Å². The van der Waals surface area contributed by atoms with Crippen LogP contribution < -0.4 is 10.2 Å². The first-order valence-corrected chi connectivity index (χ1v) is 8.91. The van der Waals surface area contributed by atoms with Crippen molar-refractivity contribution < 1.29 is 24.0 Å². The van der Waals surface area contributed by atoms with Gasteiger partial charge >= 0.3 is 5.97 Å². The van der Waals surface area contributed by atoms with Gasteiger partial charge in [-0.3, -0.25) is 24.5 Å². The van der Waals surface area contributed by atoms with Gasteiger partial charge in [-0.2, -0.15) is 0 Å². The number of nitro groups is 1. The molecule has 1 N–H and O–H groups in total. The quantitative estimate of drug-likeness (QED) is 0.454. The zero-order chi connectivity index (χ0) is 21.0. The maximum atomic E-state index is 12.2. The van der Waals surface area contributed by atoms with Crippen LogP contribution in [0.5, 0.6) is 0 Å². The Labute approximate surface area is 166 Å². The fraction of sp³-hybridized carbons (Fsp3) is 0.250. The monoisotopic (exact) mass is 397 g/mol. The molecule has 0 radical (unpaired) electrons. The number of carbonyl (C=O) groups is 3. The molecule has 9 heteroatoms. The normalized spacial score (nSPS) is 15.8. The van der Waals surface area contributed by atoms with E-state index in [9.17, 15) is 24.5 Å². The highest BCUT2D eigenvalue weighted by atomic mass is 16.6. The Kier molecular flexibility index (Phi) is 5.87. The summed E-state index contributed by atoms with van der Waals surface area (Å²) < 4.78 is 5.04. The summed E-state index contributed by atoms with van der Waals surface area (Å²) in [6.07, 6.45) is 0.0245. The van der Waals surface area contributed by atoms with Crippen LogP contribution in [0.15, 0.2) is 48.5 Å². The van der Waals surface area contributed by atoms with Gasteiger partial charge in [0.05, 0.1) is 10.8 Å². The van der Waals surface area contributed by atoms with Gasteiger partial charge in [0.1, 0.15) is 0 Å². The third-order valence-electron chi connectivity index (χ3n) is 4.51. The first-order valence-electron chi connectivity index (χ1n) is 8.91. The number of nitrogens with zero attached hydrogens (tertiary/aromatic N) is 2. The van der Waals surface area contributed by atoms with Crippen LogP contribution in [0.4, 0.5) is 17.1 Å². The highest BCUT2D eigenvalue weighted by molar-refractivity contribution is 6.00. The highest BCUT2D eigenvalue weighted by Gasteiger charge is 2.36. The van der Waals surface area contributed by atoms with E-state index in [-0.39, 0.29) is 24.6 Å². The van der Waals surface area contributed by atoms with E-state index >= 15 is 0 Å². The van der Waals surface area contributed by atoms with Crippen LogP contribution in [-0.2, 0) is 19.1 Å². The smallest absolute Gasteiger partial charge is 0.311 e. The lowest BCUT2D eigenvalue weighted by Gasteiger charge is -2.16. The molecule has 0 spiro atoms. The van der Waals surface area contributed by atoms with E-state index in [1.807, 2.05) is 31.2 Å². The van der Waals surface area contributed by atoms with Gasteiger partial charge in [0.25, 0.3) is 11.6 Å². The zero-order valence-corrected chi connectivity index (χ0v) is 15.7. The molecular formula is C20H19N3O6. The van der Waals surface area contributed by atoms with Crippen molar-refractivity contribution in [3.8, 4) is 0 Å². The van der Waals surface area contributed by atoms with Gasteiger partial charge in [0.2, 0.25) is 5.91 Å². The van der Waals surface area contributed by atoms with Crippen LogP contribution in [0.1, 0.15) is 12.0 Å². The summed E-state index contributed by atoms with van der Waals surface area (Å²) in [4.78, 5) is 48.0. The molecule has 9 nitrogen and oxygen atoms in total. The van der Waals surface area contributed by atoms with E-state index in [0.717, 1.165) is 5.56 Å². The van der Waals surface area contributed by atoms with Crippen LogP contribution in [0.3, 0.4) is 0 Å². The minimum atomic E-state index is -0.643. The van der Waals surface area contributed by atoms with Crippen molar-refractivity contribution in [3.63, 3.8) is 0 Å². The van der Waals surface area contributed by atoms with E-state index in [4.69, 9.17) is 4.74 Å². The molecule has 29 heavy (non-hydrogen) atoms. The SMILES string of the molecule is Cc1ccc(N2C[C@H](C(=O)OCC(=O)Nc3ccc([N+](=O)[O-])cc3)CC2=O)cc1. The Morgan fingerprint density at radius 2 is 1.83 bits per heavy atom. The second-order valence-corrected chi connectivity index (χ2v) is 6.70. The molecule has 1 atom stereocenters. The Balaban J connectivity index is 1.50. The molecular weight excluding hydrogens is 378 g/mol. The molecule has 2 amide bonds. The molecule has 1 heterocycles. The first-order chi connectivity index (χ1) is 13.8. The van der Waals surface area contributed by atoms with Crippen LogP contribution in [0.25, 0.3) is 0 Å². The van der Waals surface area contributed by atoms with E-state index in [1.165, 1.54) is 29.2 Å². The molecule has 0 saturated carbocycles. The topological polar surface area (TPSA) is 119 Å². The number of ether oxygens (including phenoxy) is 1. The summed E-state index contributed by atoms with van der Waals surface area (Å²) in [5.74, 6) is -2.01. The second kappa shape index (κ2) is 8.51. The van der Waals surface area contributed by atoms with Crippen molar-refractivity contribution in [1.82, 2.24) is 0 Å². The number of benzene rings is 2. The number of aryl methyl sites for hydroxylation is 1. The molecule has 1 saturated heterocycles. The summed E-state index contributed by atoms with van der Waals surface area (Å²) in [5, 5.41) is 13.1. The summed E-state index contributed by atoms with van der Waals surface area (Å²) in [7, 11) is 0. The van der Waals surface area contributed by atoms with E-state index in [1.54, 1.807) is 0 Å². The lowest BCUT2D eigenvalue weighted by atomic mass is 10.1. The van der Waals surface area contributed by atoms with Gasteiger partial charge in [-0.1, -0.05) is 17.7 Å². The molecule has 0 aliphatic carbocycles. The number of esters is 1. The first kappa shape index (κ1) is 20.0. The molecule has 0 bridgehead atoms. The van der Waals surface area contributed by atoms with Gasteiger partial charge in [-0.05, 0) is 31.2 Å². The summed E-state index contributed by atoms with van der Waals surface area (Å²) in [5.41, 5.74) is 2.03. The highest BCUT2D eigenvalue weighted by Crippen LogP contribution is 2.26. The molecule has 1 fully saturated rings. The van der Waals surface area contributed by atoms with Crippen LogP contribution >= 0.6 is 0 Å². The number of amides is 2. The predicted octanol–water partition coefficient (Wildman–Crippen LogP) is 2.44. The number of nitro benzene ring substituents is 1. The summed E-state index contributed by atoms with van der Waals surface area (Å²) >= 11 is 0. The standard InChI is InChI=1S/C20H19N3O6/c1-13-2-6-16(7-3-13)22-11-14(10-19(22)25)20(26)29-12-18(24)21-15-4-8-17(9-5-15)23(27)28/h2-9,14H,10-12H2,1H3,(H,21,24)/t14-/m1/s1. The minimum absolute atomic E-state index is 0.0245. The lowest BCUT2D eigenvalue weighted by molar-refractivity contribution is -0.384. The summed E-state index contributed by atoms with van der Waals surface area (Å²) in [6.45, 7) is 1.63. The summed E-state index contributed by atoms with van der Waals surface area (Å²) in [6, 6.07) is 12.7. The van der Waals surface area contributed by atoms with Gasteiger partial charge < -0.3 is 15.0 Å². The molecule has 0 aromatic heterocycles. The average molecular weight is 397 g/mol. The Hall–Kier alpha value is -3.75. The maximum absolute atomic E-state index is 12.2. The number of hydrogen-bond acceptors (Lipinski definition) is 6. The number of rotatable bonds is 6. The zero-order valence-electron chi connectivity index (χ0n) is 15.7. The fourth-order valence-corrected chi connectivity index (χ4v) is 2.96. The van der Waals surface area contributed by atoms with E-state index in [0.29, 0.717) is 11.4 Å². The number of anilines is 2. The van der Waals surface area contributed by atoms with Crippen molar-refractivity contribution in [2.24, 2.45) is 5.92 Å². The van der Waals surface area contributed by atoms with E-state index < -0.39 is 29.3 Å². The Morgan fingerprint density at radius 1 is 1.17 bits per heavy atom. The number of hydrogen-bond donors (Lipinski definition) is 1. The van der Waals surface area contributed by atoms with Gasteiger partial charge in [-0.15, -0.1) is 0 Å². The number of non-ortho nitro benzene ring substituents is 1. The maximum Gasteiger partial charge on any atom is 0.311 e. The molecule has 2 aromatic rings. The Morgan fingerprint density at radius 3 is 2.45 bits per heavy atom.